The number of hydroxylamine groups is 3. The van der Waals surface area contributed by atoms with E-state index in [1.807, 2.05) is 36.4 Å². The van der Waals surface area contributed by atoms with Gasteiger partial charge in [-0.3, -0.25) is 4.79 Å². The number of carbonyl (C=O) groups excluding carboxylic acids is 1. The van der Waals surface area contributed by atoms with E-state index in [1.54, 1.807) is 0 Å². The summed E-state index contributed by atoms with van der Waals surface area (Å²) in [5, 5.41) is 13.2. The highest BCUT2D eigenvalue weighted by Crippen LogP contribution is 2.30. The summed E-state index contributed by atoms with van der Waals surface area (Å²) in [6.45, 7) is 3.13. The van der Waals surface area contributed by atoms with Crippen LogP contribution in [0.4, 0.5) is 0 Å². The van der Waals surface area contributed by atoms with Gasteiger partial charge in [-0.2, -0.15) is 4.37 Å². The molecule has 2 heterocycles. The van der Waals surface area contributed by atoms with E-state index in [2.05, 4.69) is 15.7 Å². The van der Waals surface area contributed by atoms with Crippen LogP contribution in [0.5, 0.6) is 5.88 Å². The lowest BCUT2D eigenvalue weighted by Gasteiger charge is -2.43. The third-order valence-electron chi connectivity index (χ3n) is 5.04. The molecule has 2 aromatic rings. The minimum absolute atomic E-state index is 0.162. The van der Waals surface area contributed by atoms with Gasteiger partial charge >= 0.3 is 5.97 Å². The number of carbonyl (C=O) groups is 1. The number of rotatable bonds is 11. The van der Waals surface area contributed by atoms with Crippen LogP contribution in [0.25, 0.3) is 5.57 Å². The van der Waals surface area contributed by atoms with Gasteiger partial charge in [0.15, 0.2) is 0 Å². The number of hydrogen-bond donors (Lipinski definition) is 0. The topological polar surface area (TPSA) is 84.4 Å². The molecule has 0 N–H and O–H groups in total. The monoisotopic (exact) mass is 431 g/mol. The second-order valence-electron chi connectivity index (χ2n) is 7.59. The summed E-state index contributed by atoms with van der Waals surface area (Å²) < 4.78 is 19.1. The molecule has 0 radical (unpaired) electrons. The van der Waals surface area contributed by atoms with Gasteiger partial charge in [-0.05, 0) is 12.0 Å². The third kappa shape index (κ3) is 6.62. The van der Waals surface area contributed by atoms with Crippen molar-refractivity contribution < 1.29 is 18.9 Å². The van der Waals surface area contributed by atoms with Gasteiger partial charge in [0.2, 0.25) is 6.73 Å². The molecular formula is C22H29N3O4S. The molecule has 1 atom stereocenters. The standard InChI is InChI=1S/C22H29N3O4S/c1-2-3-4-8-14-28-22-21(23-30-24-22)19-12-9-13-25(27,16-19)17-29-20(26)15-18-10-6-5-7-11-18/h5-7,10-12H,2-4,8-9,13-17H2,1H3. The Hall–Kier alpha value is -2.29. The van der Waals surface area contributed by atoms with Gasteiger partial charge in [-0.25, -0.2) is 0 Å². The Morgan fingerprint density at radius 3 is 2.83 bits per heavy atom. The Morgan fingerprint density at radius 1 is 1.20 bits per heavy atom. The predicted molar refractivity (Wildman–Crippen MR) is 117 cm³/mol. The van der Waals surface area contributed by atoms with Gasteiger partial charge < -0.3 is 19.3 Å². The first kappa shape index (κ1) is 22.4. The van der Waals surface area contributed by atoms with Crippen molar-refractivity contribution in [3.8, 4) is 5.88 Å². The van der Waals surface area contributed by atoms with Crippen molar-refractivity contribution in [2.24, 2.45) is 0 Å². The molecule has 0 saturated carbocycles. The zero-order valence-electron chi connectivity index (χ0n) is 17.4. The molecule has 0 saturated heterocycles. The van der Waals surface area contributed by atoms with E-state index < -0.39 is 10.6 Å². The number of esters is 1. The first-order chi connectivity index (χ1) is 14.6. The van der Waals surface area contributed by atoms with Crippen molar-refractivity contribution in [2.75, 3.05) is 26.4 Å². The summed E-state index contributed by atoms with van der Waals surface area (Å²) in [6, 6.07) is 9.37. The van der Waals surface area contributed by atoms with Crippen LogP contribution in [0.15, 0.2) is 36.4 Å². The molecular weight excluding hydrogens is 402 g/mol. The van der Waals surface area contributed by atoms with E-state index in [0.29, 0.717) is 31.1 Å². The van der Waals surface area contributed by atoms with E-state index in [9.17, 15) is 10.0 Å². The lowest BCUT2D eigenvalue weighted by Crippen LogP contribution is -2.48. The highest BCUT2D eigenvalue weighted by atomic mass is 32.1. The van der Waals surface area contributed by atoms with Crippen LogP contribution >= 0.6 is 11.7 Å². The molecule has 1 aromatic carbocycles. The molecule has 0 aliphatic carbocycles. The van der Waals surface area contributed by atoms with Gasteiger partial charge in [0.05, 0.1) is 31.3 Å². The molecule has 1 unspecified atom stereocenters. The lowest BCUT2D eigenvalue weighted by atomic mass is 10.1. The fourth-order valence-corrected chi connectivity index (χ4v) is 3.91. The van der Waals surface area contributed by atoms with E-state index in [1.165, 1.54) is 12.8 Å². The maximum Gasteiger partial charge on any atom is 0.314 e. The van der Waals surface area contributed by atoms with Crippen molar-refractivity contribution in [3.63, 3.8) is 0 Å². The second-order valence-corrected chi connectivity index (χ2v) is 8.12. The molecule has 0 bridgehead atoms. The van der Waals surface area contributed by atoms with E-state index >= 15 is 0 Å². The highest BCUT2D eigenvalue weighted by Gasteiger charge is 2.28. The second kappa shape index (κ2) is 11.2. The molecule has 3 rings (SSSR count). The summed E-state index contributed by atoms with van der Waals surface area (Å²) in [5.41, 5.74) is 2.32. The van der Waals surface area contributed by atoms with Gasteiger partial charge in [-0.15, -0.1) is 4.37 Å². The van der Waals surface area contributed by atoms with Crippen LogP contribution in [0.3, 0.4) is 0 Å². The largest absolute Gasteiger partial charge is 0.630 e. The summed E-state index contributed by atoms with van der Waals surface area (Å²) in [4.78, 5) is 12.1. The number of aromatic nitrogens is 2. The number of quaternary nitrogens is 1. The van der Waals surface area contributed by atoms with Crippen LogP contribution in [-0.2, 0) is 16.0 Å². The number of benzene rings is 1. The SMILES string of the molecule is CCCCCCOc1nsnc1C1=CCC[N+]([O-])(COC(=O)Cc2ccccc2)C1. The van der Waals surface area contributed by atoms with Crippen molar-refractivity contribution in [1.82, 2.24) is 8.75 Å². The summed E-state index contributed by atoms with van der Waals surface area (Å²) in [5.74, 6) is 0.106. The lowest BCUT2D eigenvalue weighted by molar-refractivity contribution is -0.891. The average molecular weight is 432 g/mol. The Balaban J connectivity index is 1.52. The van der Waals surface area contributed by atoms with Crippen molar-refractivity contribution in [1.29, 1.82) is 0 Å². The van der Waals surface area contributed by atoms with Crippen LogP contribution < -0.4 is 4.74 Å². The quantitative estimate of drug-likeness (QED) is 0.228. The zero-order valence-corrected chi connectivity index (χ0v) is 18.2. The number of unbranched alkanes of at least 4 members (excludes halogenated alkanes) is 3. The van der Waals surface area contributed by atoms with E-state index in [0.717, 1.165) is 35.7 Å². The molecule has 0 fully saturated rings. The van der Waals surface area contributed by atoms with Crippen molar-refractivity contribution >= 4 is 23.3 Å². The molecule has 8 heteroatoms. The molecule has 1 aliphatic rings. The van der Waals surface area contributed by atoms with Crippen LogP contribution in [0.2, 0.25) is 0 Å². The number of hydrogen-bond acceptors (Lipinski definition) is 7. The van der Waals surface area contributed by atoms with Crippen LogP contribution in [-0.4, -0.2) is 45.8 Å². The van der Waals surface area contributed by atoms with Gasteiger partial charge in [0.1, 0.15) is 12.2 Å². The molecule has 30 heavy (non-hydrogen) atoms. The fraction of sp³-hybridized carbons (Fsp3) is 0.500. The van der Waals surface area contributed by atoms with Crippen LogP contribution in [0.1, 0.15) is 50.3 Å². The normalized spacial score (nSPS) is 18.7. The van der Waals surface area contributed by atoms with Gasteiger partial charge in [0.25, 0.3) is 5.88 Å². The zero-order chi connectivity index (χ0) is 21.2. The summed E-state index contributed by atoms with van der Waals surface area (Å²) >= 11 is 1.09. The Morgan fingerprint density at radius 2 is 2.03 bits per heavy atom. The van der Waals surface area contributed by atoms with Gasteiger partial charge in [-0.1, -0.05) is 62.6 Å². The van der Waals surface area contributed by atoms with Gasteiger partial charge in [0, 0.05) is 12.0 Å². The Labute approximate surface area is 181 Å². The van der Waals surface area contributed by atoms with Crippen molar-refractivity contribution in [3.05, 3.63) is 52.9 Å². The molecule has 1 aromatic heterocycles. The molecule has 162 valence electrons. The summed E-state index contributed by atoms with van der Waals surface area (Å²) in [7, 11) is 0. The fourth-order valence-electron chi connectivity index (χ4n) is 3.38. The minimum Gasteiger partial charge on any atom is -0.630 e. The molecule has 1 aliphatic heterocycles. The summed E-state index contributed by atoms with van der Waals surface area (Å²) in [6.07, 6.45) is 7.24. The van der Waals surface area contributed by atoms with Crippen LogP contribution in [0, 0.1) is 5.21 Å². The predicted octanol–water partition coefficient (Wildman–Crippen LogP) is 4.34. The number of nitrogens with zero attached hydrogens (tertiary/aromatic N) is 3. The Kier molecular flexibility index (Phi) is 8.36. The highest BCUT2D eigenvalue weighted by molar-refractivity contribution is 6.99. The van der Waals surface area contributed by atoms with Crippen molar-refractivity contribution in [2.45, 2.75) is 45.4 Å². The maximum atomic E-state index is 13.2. The Bertz CT molecular complexity index is 840. The first-order valence-corrected chi connectivity index (χ1v) is 11.2. The molecule has 0 spiro atoms. The maximum absolute atomic E-state index is 13.2. The number of ether oxygens (including phenoxy) is 2. The minimum atomic E-state index is -0.611. The average Bonchev–Trinajstić information content (AvgIpc) is 3.22. The first-order valence-electron chi connectivity index (χ1n) is 10.5. The molecule has 7 nitrogen and oxygen atoms in total. The molecule has 0 amide bonds. The third-order valence-corrected chi connectivity index (χ3v) is 5.55. The van der Waals surface area contributed by atoms with E-state index in [4.69, 9.17) is 9.47 Å². The van der Waals surface area contributed by atoms with E-state index in [-0.39, 0.29) is 19.7 Å². The smallest absolute Gasteiger partial charge is 0.314 e.